The number of hydrogen-bond donors (Lipinski definition) is 1. The molecule has 148 valence electrons. The van der Waals surface area contributed by atoms with Crippen molar-refractivity contribution in [3.63, 3.8) is 0 Å². The Hall–Kier alpha value is -2.83. The van der Waals surface area contributed by atoms with Crippen molar-refractivity contribution in [2.24, 2.45) is 0 Å². The molecule has 2 amide bonds. The highest BCUT2D eigenvalue weighted by Crippen LogP contribution is 2.32. The van der Waals surface area contributed by atoms with Gasteiger partial charge in [-0.05, 0) is 43.5 Å². The molecule has 0 atom stereocenters. The maximum Gasteiger partial charge on any atom is 0.417 e. The van der Waals surface area contributed by atoms with Gasteiger partial charge < -0.3 is 10.2 Å². The van der Waals surface area contributed by atoms with E-state index in [1.807, 2.05) is 19.1 Å². The van der Waals surface area contributed by atoms with Gasteiger partial charge in [0.1, 0.15) is 0 Å². The second-order valence-electron chi connectivity index (χ2n) is 6.90. The number of benzene rings is 2. The summed E-state index contributed by atoms with van der Waals surface area (Å²) in [5, 5.41) is 2.95. The molecule has 1 aliphatic heterocycles. The third kappa shape index (κ3) is 4.35. The maximum absolute atomic E-state index is 13.2. The van der Waals surface area contributed by atoms with Gasteiger partial charge >= 0.3 is 6.18 Å². The van der Waals surface area contributed by atoms with E-state index in [4.69, 9.17) is 0 Å². The molecule has 7 heteroatoms. The van der Waals surface area contributed by atoms with Gasteiger partial charge in [-0.1, -0.05) is 30.3 Å². The summed E-state index contributed by atoms with van der Waals surface area (Å²) in [4.78, 5) is 26.4. The lowest BCUT2D eigenvalue weighted by Crippen LogP contribution is -2.47. The van der Waals surface area contributed by atoms with Gasteiger partial charge in [-0.15, -0.1) is 0 Å². The van der Waals surface area contributed by atoms with Crippen molar-refractivity contribution in [1.82, 2.24) is 10.2 Å². The molecule has 0 radical (unpaired) electrons. The Balaban J connectivity index is 1.62. The van der Waals surface area contributed by atoms with Crippen molar-refractivity contribution in [3.05, 3.63) is 70.8 Å². The Morgan fingerprint density at radius 2 is 1.54 bits per heavy atom. The summed E-state index contributed by atoms with van der Waals surface area (Å²) in [5.41, 5.74) is 0.212. The van der Waals surface area contributed by atoms with Crippen LogP contribution in [-0.4, -0.2) is 35.8 Å². The molecule has 0 aliphatic carbocycles. The van der Waals surface area contributed by atoms with Crippen LogP contribution >= 0.6 is 0 Å². The first kappa shape index (κ1) is 19.9. The predicted molar refractivity (Wildman–Crippen MR) is 99.0 cm³/mol. The van der Waals surface area contributed by atoms with Gasteiger partial charge in [0.25, 0.3) is 11.8 Å². The van der Waals surface area contributed by atoms with Crippen LogP contribution in [0, 0.1) is 6.92 Å². The van der Waals surface area contributed by atoms with Crippen molar-refractivity contribution < 1.29 is 22.8 Å². The van der Waals surface area contributed by atoms with E-state index in [9.17, 15) is 22.8 Å². The van der Waals surface area contributed by atoms with Gasteiger partial charge in [0.05, 0.1) is 11.1 Å². The van der Waals surface area contributed by atoms with Gasteiger partial charge in [-0.25, -0.2) is 0 Å². The molecule has 1 fully saturated rings. The smallest absolute Gasteiger partial charge is 0.349 e. The molecule has 0 unspecified atom stereocenters. The molecule has 0 saturated carbocycles. The Morgan fingerprint density at radius 3 is 2.14 bits per heavy atom. The Morgan fingerprint density at radius 1 is 0.964 bits per heavy atom. The molecular weight excluding hydrogens is 369 g/mol. The van der Waals surface area contributed by atoms with Gasteiger partial charge in [0.15, 0.2) is 0 Å². The fourth-order valence-corrected chi connectivity index (χ4v) is 3.40. The summed E-state index contributed by atoms with van der Waals surface area (Å²) in [6.07, 6.45) is -3.58. The van der Waals surface area contributed by atoms with Crippen LogP contribution in [0.5, 0.6) is 0 Å². The van der Waals surface area contributed by atoms with Crippen LogP contribution in [0.15, 0.2) is 48.5 Å². The fraction of sp³-hybridized carbons (Fsp3) is 0.333. The summed E-state index contributed by atoms with van der Waals surface area (Å²) >= 11 is 0. The SMILES string of the molecule is Cc1ccccc1C(=O)NC1CCN(C(=O)c2ccccc2C(F)(F)F)CC1. The van der Waals surface area contributed by atoms with Crippen molar-refractivity contribution in [2.45, 2.75) is 32.0 Å². The number of nitrogens with zero attached hydrogens (tertiary/aromatic N) is 1. The first-order valence-electron chi connectivity index (χ1n) is 9.09. The Labute approximate surface area is 161 Å². The van der Waals surface area contributed by atoms with E-state index in [1.54, 1.807) is 12.1 Å². The molecule has 4 nitrogen and oxygen atoms in total. The number of alkyl halides is 3. The van der Waals surface area contributed by atoms with E-state index in [2.05, 4.69) is 5.32 Å². The maximum atomic E-state index is 13.2. The van der Waals surface area contributed by atoms with Crippen LogP contribution in [0.4, 0.5) is 13.2 Å². The van der Waals surface area contributed by atoms with Crippen LogP contribution in [0.2, 0.25) is 0 Å². The summed E-state index contributed by atoms with van der Waals surface area (Å²) in [7, 11) is 0. The van der Waals surface area contributed by atoms with Gasteiger partial charge in [-0.3, -0.25) is 9.59 Å². The molecule has 2 aromatic carbocycles. The van der Waals surface area contributed by atoms with Gasteiger partial charge in [0, 0.05) is 24.7 Å². The molecule has 28 heavy (non-hydrogen) atoms. The second kappa shape index (κ2) is 8.04. The van der Waals surface area contributed by atoms with Crippen LogP contribution in [0.1, 0.15) is 44.7 Å². The number of hydrogen-bond acceptors (Lipinski definition) is 2. The second-order valence-corrected chi connectivity index (χ2v) is 6.90. The van der Waals surface area contributed by atoms with Crippen molar-refractivity contribution in [1.29, 1.82) is 0 Å². The van der Waals surface area contributed by atoms with E-state index in [-0.39, 0.29) is 17.5 Å². The number of nitrogens with one attached hydrogen (secondary N) is 1. The van der Waals surface area contributed by atoms with E-state index >= 15 is 0 Å². The summed E-state index contributed by atoms with van der Waals surface area (Å²) in [6, 6.07) is 12.0. The van der Waals surface area contributed by atoms with Crippen LogP contribution < -0.4 is 5.32 Å². The Kier molecular flexibility index (Phi) is 5.72. The standard InChI is InChI=1S/C21H21F3N2O2/c1-14-6-2-3-7-16(14)19(27)25-15-10-12-26(13-11-15)20(28)17-8-4-5-9-18(17)21(22,23)24/h2-9,15H,10-13H2,1H3,(H,25,27). The zero-order valence-electron chi connectivity index (χ0n) is 15.4. The highest BCUT2D eigenvalue weighted by molar-refractivity contribution is 5.96. The molecule has 0 spiro atoms. The van der Waals surface area contributed by atoms with E-state index in [0.29, 0.717) is 31.5 Å². The minimum absolute atomic E-state index is 0.117. The summed E-state index contributed by atoms with van der Waals surface area (Å²) < 4.78 is 39.5. The largest absolute Gasteiger partial charge is 0.417 e. The number of carbonyl (C=O) groups is 2. The third-order valence-electron chi connectivity index (χ3n) is 4.97. The van der Waals surface area contributed by atoms with E-state index < -0.39 is 17.6 Å². The topological polar surface area (TPSA) is 49.4 Å². The molecule has 1 saturated heterocycles. The first-order chi connectivity index (χ1) is 13.3. The zero-order valence-corrected chi connectivity index (χ0v) is 15.4. The minimum atomic E-state index is -4.58. The van der Waals surface area contributed by atoms with Crippen LogP contribution in [0.25, 0.3) is 0 Å². The zero-order chi connectivity index (χ0) is 20.3. The first-order valence-corrected chi connectivity index (χ1v) is 9.09. The highest BCUT2D eigenvalue weighted by atomic mass is 19.4. The number of carbonyl (C=O) groups excluding carboxylic acids is 2. The van der Waals surface area contributed by atoms with Crippen LogP contribution in [-0.2, 0) is 6.18 Å². The highest BCUT2D eigenvalue weighted by Gasteiger charge is 2.36. The molecule has 1 N–H and O–H groups in total. The number of likely N-dealkylation sites (tertiary alicyclic amines) is 1. The number of rotatable bonds is 3. The number of aryl methyl sites for hydroxylation is 1. The van der Waals surface area contributed by atoms with E-state index in [1.165, 1.54) is 23.1 Å². The fourth-order valence-electron chi connectivity index (χ4n) is 3.40. The molecule has 0 aromatic heterocycles. The predicted octanol–water partition coefficient (Wildman–Crippen LogP) is 4.05. The van der Waals surface area contributed by atoms with Crippen LogP contribution in [0.3, 0.4) is 0 Å². The van der Waals surface area contributed by atoms with Crippen molar-refractivity contribution in [2.75, 3.05) is 13.1 Å². The molecule has 0 bridgehead atoms. The molecule has 1 aliphatic rings. The number of halogens is 3. The normalized spacial score (nSPS) is 15.4. The Bertz CT molecular complexity index is 872. The van der Waals surface area contributed by atoms with Crippen molar-refractivity contribution >= 4 is 11.8 Å². The molecular formula is C21H21F3N2O2. The van der Waals surface area contributed by atoms with Gasteiger partial charge in [-0.2, -0.15) is 13.2 Å². The summed E-state index contributed by atoms with van der Waals surface area (Å²) in [6.45, 7) is 2.45. The lowest BCUT2D eigenvalue weighted by atomic mass is 10.0. The molecule has 3 rings (SSSR count). The average molecular weight is 390 g/mol. The van der Waals surface area contributed by atoms with Gasteiger partial charge in [0.2, 0.25) is 0 Å². The third-order valence-corrected chi connectivity index (χ3v) is 4.97. The van der Waals surface area contributed by atoms with Crippen molar-refractivity contribution in [3.8, 4) is 0 Å². The lowest BCUT2D eigenvalue weighted by Gasteiger charge is -2.33. The monoisotopic (exact) mass is 390 g/mol. The number of amides is 2. The number of piperidine rings is 1. The van der Waals surface area contributed by atoms with E-state index in [0.717, 1.165) is 11.6 Å². The average Bonchev–Trinajstić information content (AvgIpc) is 2.67. The molecule has 1 heterocycles. The molecule has 2 aromatic rings. The quantitative estimate of drug-likeness (QED) is 0.860. The lowest BCUT2D eigenvalue weighted by molar-refractivity contribution is -0.138. The summed E-state index contributed by atoms with van der Waals surface area (Å²) in [5.74, 6) is -0.804. The minimum Gasteiger partial charge on any atom is -0.349 e.